The molecule has 0 radical (unpaired) electrons. The van der Waals surface area contributed by atoms with E-state index in [1.54, 1.807) is 0 Å². The number of hydrogen-bond acceptors (Lipinski definition) is 6. The Morgan fingerprint density at radius 3 is 2.89 bits per heavy atom. The first-order chi connectivity index (χ1) is 9.18. The van der Waals surface area contributed by atoms with E-state index in [0.29, 0.717) is 19.1 Å². The van der Waals surface area contributed by atoms with Gasteiger partial charge in [-0.05, 0) is 19.8 Å². The molecule has 5 nitrogen and oxygen atoms in total. The van der Waals surface area contributed by atoms with Gasteiger partial charge in [-0.1, -0.05) is 18.0 Å². The van der Waals surface area contributed by atoms with Crippen molar-refractivity contribution in [2.24, 2.45) is 5.73 Å². The topological polar surface area (TPSA) is 74.2 Å². The molecule has 2 atom stereocenters. The second-order valence-electron chi connectivity index (χ2n) is 5.77. The van der Waals surface area contributed by atoms with Crippen LogP contribution in [0, 0.1) is 0 Å². The Hall–Kier alpha value is -0.590. The minimum Gasteiger partial charge on any atom is -0.379 e. The summed E-state index contributed by atoms with van der Waals surface area (Å²) < 4.78 is 10.8. The summed E-state index contributed by atoms with van der Waals surface area (Å²) in [6, 6.07) is -0.0664. The standard InChI is InChI=1S/C13H21N3O2S/c1-13(8-17-6-10(13)14)12-15-11(16-18-12)7-19-9-4-2-3-5-9/h9-10H,2-8,14H2,1H3. The predicted molar refractivity (Wildman–Crippen MR) is 74.0 cm³/mol. The van der Waals surface area contributed by atoms with Crippen LogP contribution in [-0.2, 0) is 15.9 Å². The Labute approximate surface area is 117 Å². The maximum atomic E-state index is 6.07. The molecule has 2 aliphatic rings. The molecule has 0 amide bonds. The van der Waals surface area contributed by atoms with Gasteiger partial charge in [0.05, 0.1) is 24.4 Å². The van der Waals surface area contributed by atoms with E-state index in [-0.39, 0.29) is 11.5 Å². The van der Waals surface area contributed by atoms with Gasteiger partial charge in [0, 0.05) is 11.3 Å². The van der Waals surface area contributed by atoms with Crippen molar-refractivity contribution in [1.82, 2.24) is 10.1 Å². The lowest BCUT2D eigenvalue weighted by atomic mass is 9.86. The maximum Gasteiger partial charge on any atom is 0.236 e. The summed E-state index contributed by atoms with van der Waals surface area (Å²) in [5.41, 5.74) is 5.74. The Morgan fingerprint density at radius 2 is 2.21 bits per heavy atom. The van der Waals surface area contributed by atoms with Gasteiger partial charge < -0.3 is 15.0 Å². The van der Waals surface area contributed by atoms with Crippen LogP contribution >= 0.6 is 11.8 Å². The fourth-order valence-electron chi connectivity index (χ4n) is 2.70. The fraction of sp³-hybridized carbons (Fsp3) is 0.846. The van der Waals surface area contributed by atoms with E-state index in [2.05, 4.69) is 10.1 Å². The number of nitrogens with two attached hydrogens (primary N) is 1. The summed E-state index contributed by atoms with van der Waals surface area (Å²) in [6.45, 7) is 3.16. The zero-order valence-electron chi connectivity index (χ0n) is 11.3. The monoisotopic (exact) mass is 283 g/mol. The summed E-state index contributed by atoms with van der Waals surface area (Å²) in [4.78, 5) is 4.52. The molecule has 0 spiro atoms. The molecule has 1 saturated carbocycles. The van der Waals surface area contributed by atoms with Gasteiger partial charge in [0.2, 0.25) is 5.89 Å². The van der Waals surface area contributed by atoms with E-state index < -0.39 is 0 Å². The van der Waals surface area contributed by atoms with E-state index >= 15 is 0 Å². The van der Waals surface area contributed by atoms with Crippen LogP contribution in [0.25, 0.3) is 0 Å². The average molecular weight is 283 g/mol. The molecule has 2 unspecified atom stereocenters. The molecule has 2 N–H and O–H groups in total. The Kier molecular flexibility index (Phi) is 3.82. The highest BCUT2D eigenvalue weighted by Gasteiger charge is 2.44. The highest BCUT2D eigenvalue weighted by Crippen LogP contribution is 2.33. The molecule has 2 fully saturated rings. The van der Waals surface area contributed by atoms with Crippen molar-refractivity contribution in [2.75, 3.05) is 13.2 Å². The second-order valence-corrected chi connectivity index (χ2v) is 7.06. The molecule has 1 aliphatic carbocycles. The molecule has 1 aliphatic heterocycles. The summed E-state index contributed by atoms with van der Waals surface area (Å²) in [5, 5.41) is 4.86. The molecule has 0 bridgehead atoms. The quantitative estimate of drug-likeness (QED) is 0.909. The molecule has 19 heavy (non-hydrogen) atoms. The van der Waals surface area contributed by atoms with Gasteiger partial charge in [0.15, 0.2) is 5.82 Å². The van der Waals surface area contributed by atoms with E-state index in [4.69, 9.17) is 15.0 Å². The van der Waals surface area contributed by atoms with Crippen molar-refractivity contribution in [3.05, 3.63) is 11.7 Å². The van der Waals surface area contributed by atoms with Gasteiger partial charge in [0.25, 0.3) is 0 Å². The van der Waals surface area contributed by atoms with Crippen LogP contribution in [0.4, 0.5) is 0 Å². The third kappa shape index (κ3) is 2.66. The van der Waals surface area contributed by atoms with Crippen LogP contribution in [-0.4, -0.2) is 34.6 Å². The predicted octanol–water partition coefficient (Wildman–Crippen LogP) is 1.86. The molecule has 6 heteroatoms. The third-order valence-electron chi connectivity index (χ3n) is 4.22. The van der Waals surface area contributed by atoms with Gasteiger partial charge in [-0.15, -0.1) is 0 Å². The van der Waals surface area contributed by atoms with Crippen LogP contribution in [0.15, 0.2) is 4.52 Å². The van der Waals surface area contributed by atoms with Crippen molar-refractivity contribution in [2.45, 2.75) is 55.1 Å². The minimum atomic E-state index is -0.330. The van der Waals surface area contributed by atoms with Crippen LogP contribution < -0.4 is 5.73 Å². The van der Waals surface area contributed by atoms with E-state index in [1.165, 1.54) is 25.7 Å². The zero-order valence-corrected chi connectivity index (χ0v) is 12.1. The first kappa shape index (κ1) is 13.4. The average Bonchev–Trinajstić information content (AvgIpc) is 3.10. The lowest BCUT2D eigenvalue weighted by molar-refractivity contribution is 0.169. The number of rotatable bonds is 4. The number of aromatic nitrogens is 2. The van der Waals surface area contributed by atoms with Crippen molar-refractivity contribution in [3.8, 4) is 0 Å². The van der Waals surface area contributed by atoms with E-state index in [9.17, 15) is 0 Å². The van der Waals surface area contributed by atoms with Gasteiger partial charge in [-0.25, -0.2) is 0 Å². The van der Waals surface area contributed by atoms with Crippen LogP contribution in [0.3, 0.4) is 0 Å². The lowest BCUT2D eigenvalue weighted by Gasteiger charge is -2.21. The molecule has 2 heterocycles. The molecule has 1 saturated heterocycles. The molecule has 106 valence electrons. The van der Waals surface area contributed by atoms with Crippen LogP contribution in [0.5, 0.6) is 0 Å². The molecule has 3 rings (SSSR count). The lowest BCUT2D eigenvalue weighted by Crippen LogP contribution is -2.42. The second kappa shape index (κ2) is 5.42. The van der Waals surface area contributed by atoms with Crippen LogP contribution in [0.2, 0.25) is 0 Å². The van der Waals surface area contributed by atoms with Crippen molar-refractivity contribution in [3.63, 3.8) is 0 Å². The first-order valence-corrected chi connectivity index (χ1v) is 8.01. The molecule has 0 aromatic carbocycles. The highest BCUT2D eigenvalue weighted by molar-refractivity contribution is 7.99. The van der Waals surface area contributed by atoms with Crippen molar-refractivity contribution in [1.29, 1.82) is 0 Å². The number of nitrogens with zero attached hydrogens (tertiary/aromatic N) is 2. The Bertz CT molecular complexity index is 433. The maximum absolute atomic E-state index is 6.07. The smallest absolute Gasteiger partial charge is 0.236 e. The van der Waals surface area contributed by atoms with E-state index in [1.807, 2.05) is 18.7 Å². The summed E-state index contributed by atoms with van der Waals surface area (Å²) in [6.07, 6.45) is 5.37. The summed E-state index contributed by atoms with van der Waals surface area (Å²) in [5.74, 6) is 2.24. The zero-order chi connectivity index (χ0) is 13.3. The number of thioether (sulfide) groups is 1. The van der Waals surface area contributed by atoms with Gasteiger partial charge in [0.1, 0.15) is 0 Å². The SMILES string of the molecule is CC1(c2nc(CSC3CCCC3)no2)COCC1N. The third-order valence-corrected chi connectivity index (χ3v) is 5.59. The molecular weight excluding hydrogens is 262 g/mol. The van der Waals surface area contributed by atoms with Gasteiger partial charge in [-0.2, -0.15) is 16.7 Å². The minimum absolute atomic E-state index is 0.0664. The molecule has 1 aromatic rings. The van der Waals surface area contributed by atoms with Gasteiger partial charge >= 0.3 is 0 Å². The highest BCUT2D eigenvalue weighted by atomic mass is 32.2. The first-order valence-electron chi connectivity index (χ1n) is 6.96. The molecule has 1 aromatic heterocycles. The van der Waals surface area contributed by atoms with E-state index in [0.717, 1.165) is 16.8 Å². The Balaban J connectivity index is 1.62. The van der Waals surface area contributed by atoms with Crippen molar-refractivity contribution < 1.29 is 9.26 Å². The summed E-state index contributed by atoms with van der Waals surface area (Å²) in [7, 11) is 0. The summed E-state index contributed by atoms with van der Waals surface area (Å²) >= 11 is 1.95. The normalized spacial score (nSPS) is 32.2. The Morgan fingerprint density at radius 1 is 1.42 bits per heavy atom. The van der Waals surface area contributed by atoms with Crippen LogP contribution in [0.1, 0.15) is 44.3 Å². The van der Waals surface area contributed by atoms with Gasteiger partial charge in [-0.3, -0.25) is 0 Å². The largest absolute Gasteiger partial charge is 0.379 e. The number of hydrogen-bond donors (Lipinski definition) is 1. The number of ether oxygens (including phenoxy) is 1. The molecular formula is C13H21N3O2S. The van der Waals surface area contributed by atoms with Crippen molar-refractivity contribution >= 4 is 11.8 Å². The fourth-order valence-corrected chi connectivity index (χ4v) is 3.87.